The average molecular weight is 337 g/mol. The Hall–Kier alpha value is -1.39. The van der Waals surface area contributed by atoms with Crippen LogP contribution >= 0.6 is 27.5 Å². The Morgan fingerprint density at radius 2 is 2.16 bits per heavy atom. The lowest BCUT2D eigenvalue weighted by Gasteiger charge is -2.12. The van der Waals surface area contributed by atoms with E-state index in [0.29, 0.717) is 5.88 Å². The van der Waals surface area contributed by atoms with Crippen LogP contribution in [0.1, 0.15) is 11.4 Å². The van der Waals surface area contributed by atoms with Crippen LogP contribution in [0.5, 0.6) is 0 Å². The molecule has 3 rings (SSSR count). The summed E-state index contributed by atoms with van der Waals surface area (Å²) in [5, 5.41) is 0. The van der Waals surface area contributed by atoms with Crippen LogP contribution < -0.4 is 0 Å². The van der Waals surface area contributed by atoms with Crippen molar-refractivity contribution < 1.29 is 0 Å². The van der Waals surface area contributed by atoms with Gasteiger partial charge in [0, 0.05) is 10.7 Å². The van der Waals surface area contributed by atoms with Gasteiger partial charge in [0.1, 0.15) is 11.3 Å². The highest BCUT2D eigenvalue weighted by Gasteiger charge is 2.13. The summed E-state index contributed by atoms with van der Waals surface area (Å²) in [5.41, 5.74) is 4.12. The molecule has 1 aromatic carbocycles. The SMILES string of the molecule is Cc1c(Br)cccc1-n1c(CCl)nc2cnccc21. The van der Waals surface area contributed by atoms with Crippen LogP contribution in [0.3, 0.4) is 0 Å². The van der Waals surface area contributed by atoms with E-state index >= 15 is 0 Å². The zero-order valence-corrected chi connectivity index (χ0v) is 12.6. The van der Waals surface area contributed by atoms with Gasteiger partial charge in [-0.05, 0) is 30.7 Å². The average Bonchev–Trinajstić information content (AvgIpc) is 2.80. The van der Waals surface area contributed by atoms with Crippen molar-refractivity contribution in [1.29, 1.82) is 0 Å². The Bertz CT molecular complexity index is 752. The van der Waals surface area contributed by atoms with Crippen molar-refractivity contribution in [1.82, 2.24) is 14.5 Å². The molecule has 3 nitrogen and oxygen atoms in total. The summed E-state index contributed by atoms with van der Waals surface area (Å²) in [5.74, 6) is 1.19. The van der Waals surface area contributed by atoms with E-state index < -0.39 is 0 Å². The molecule has 0 spiro atoms. The smallest absolute Gasteiger partial charge is 0.129 e. The number of imidazole rings is 1. The maximum atomic E-state index is 6.03. The number of rotatable bonds is 2. The van der Waals surface area contributed by atoms with Gasteiger partial charge in [0.2, 0.25) is 0 Å². The van der Waals surface area contributed by atoms with Gasteiger partial charge in [0.25, 0.3) is 0 Å². The lowest BCUT2D eigenvalue weighted by Crippen LogP contribution is -2.01. The molecule has 0 saturated heterocycles. The van der Waals surface area contributed by atoms with Gasteiger partial charge in [-0.2, -0.15) is 0 Å². The molecular formula is C14H11BrClN3. The van der Waals surface area contributed by atoms with Crippen molar-refractivity contribution in [2.45, 2.75) is 12.8 Å². The van der Waals surface area contributed by atoms with E-state index in [9.17, 15) is 0 Å². The summed E-state index contributed by atoms with van der Waals surface area (Å²) < 4.78 is 3.16. The minimum Gasteiger partial charge on any atom is -0.295 e. The van der Waals surface area contributed by atoms with Crippen LogP contribution in [0.4, 0.5) is 0 Å². The third-order valence-corrected chi connectivity index (χ3v) is 4.22. The molecule has 0 unspecified atom stereocenters. The minimum atomic E-state index is 0.362. The van der Waals surface area contributed by atoms with E-state index in [1.807, 2.05) is 18.2 Å². The number of alkyl halides is 1. The molecule has 0 aliphatic carbocycles. The number of pyridine rings is 1. The zero-order chi connectivity index (χ0) is 13.4. The van der Waals surface area contributed by atoms with Gasteiger partial charge in [0.15, 0.2) is 0 Å². The normalized spacial score (nSPS) is 11.1. The van der Waals surface area contributed by atoms with Gasteiger partial charge in [0.05, 0.1) is 23.3 Å². The van der Waals surface area contributed by atoms with Crippen molar-refractivity contribution in [3.63, 3.8) is 0 Å². The molecule has 0 atom stereocenters. The number of benzene rings is 1. The van der Waals surface area contributed by atoms with E-state index in [1.165, 1.54) is 0 Å². The summed E-state index contributed by atoms with van der Waals surface area (Å²) in [7, 11) is 0. The van der Waals surface area contributed by atoms with Gasteiger partial charge in [-0.25, -0.2) is 4.98 Å². The van der Waals surface area contributed by atoms with Crippen LogP contribution in [-0.4, -0.2) is 14.5 Å². The Morgan fingerprint density at radius 3 is 2.95 bits per heavy atom. The fourth-order valence-corrected chi connectivity index (χ4v) is 2.71. The zero-order valence-electron chi connectivity index (χ0n) is 10.3. The molecule has 0 fully saturated rings. The first kappa shape index (κ1) is 12.6. The Labute approximate surface area is 124 Å². The predicted molar refractivity (Wildman–Crippen MR) is 80.9 cm³/mol. The first-order chi connectivity index (χ1) is 9.22. The highest BCUT2D eigenvalue weighted by Crippen LogP contribution is 2.27. The highest BCUT2D eigenvalue weighted by atomic mass is 79.9. The lowest BCUT2D eigenvalue weighted by atomic mass is 10.2. The first-order valence-electron chi connectivity index (χ1n) is 5.85. The summed E-state index contributed by atoms with van der Waals surface area (Å²) in [6.45, 7) is 2.07. The number of fused-ring (bicyclic) bond motifs is 1. The molecule has 0 amide bonds. The maximum Gasteiger partial charge on any atom is 0.129 e. The largest absolute Gasteiger partial charge is 0.295 e. The molecule has 2 heterocycles. The summed E-state index contributed by atoms with van der Waals surface area (Å²) >= 11 is 9.59. The number of hydrogen-bond acceptors (Lipinski definition) is 2. The number of hydrogen-bond donors (Lipinski definition) is 0. The van der Waals surface area contributed by atoms with Crippen molar-refractivity contribution in [3.05, 3.63) is 52.5 Å². The molecule has 0 aliphatic heterocycles. The minimum absolute atomic E-state index is 0.362. The Balaban J connectivity index is 2.38. The van der Waals surface area contributed by atoms with Gasteiger partial charge in [-0.1, -0.05) is 22.0 Å². The maximum absolute atomic E-state index is 6.03. The molecule has 0 radical (unpaired) electrons. The van der Waals surface area contributed by atoms with Crippen molar-refractivity contribution >= 4 is 38.6 Å². The summed E-state index contributed by atoms with van der Waals surface area (Å²) in [6, 6.07) is 8.06. The molecule has 2 aromatic heterocycles. The van der Waals surface area contributed by atoms with Crippen LogP contribution in [0, 0.1) is 6.92 Å². The first-order valence-corrected chi connectivity index (χ1v) is 7.18. The van der Waals surface area contributed by atoms with Gasteiger partial charge < -0.3 is 0 Å². The summed E-state index contributed by atoms with van der Waals surface area (Å²) in [4.78, 5) is 8.64. The second-order valence-corrected chi connectivity index (χ2v) is 5.37. The van der Waals surface area contributed by atoms with Crippen LogP contribution in [0.2, 0.25) is 0 Å². The monoisotopic (exact) mass is 335 g/mol. The topological polar surface area (TPSA) is 30.7 Å². The molecule has 3 aromatic rings. The molecule has 0 saturated carbocycles. The quantitative estimate of drug-likeness (QED) is 0.656. The molecule has 96 valence electrons. The van der Waals surface area contributed by atoms with E-state index in [-0.39, 0.29) is 0 Å². The Morgan fingerprint density at radius 1 is 1.32 bits per heavy atom. The third-order valence-electron chi connectivity index (χ3n) is 3.13. The van der Waals surface area contributed by atoms with Gasteiger partial charge >= 0.3 is 0 Å². The van der Waals surface area contributed by atoms with Crippen LogP contribution in [-0.2, 0) is 5.88 Å². The number of nitrogens with zero attached hydrogens (tertiary/aromatic N) is 3. The van der Waals surface area contributed by atoms with E-state index in [4.69, 9.17) is 11.6 Å². The second-order valence-electron chi connectivity index (χ2n) is 4.25. The number of halogens is 2. The van der Waals surface area contributed by atoms with Crippen molar-refractivity contribution in [2.75, 3.05) is 0 Å². The van der Waals surface area contributed by atoms with Crippen LogP contribution in [0.25, 0.3) is 16.7 Å². The van der Waals surface area contributed by atoms with Gasteiger partial charge in [-0.3, -0.25) is 9.55 Å². The van der Waals surface area contributed by atoms with E-state index in [2.05, 4.69) is 43.5 Å². The second kappa shape index (κ2) is 4.94. The fraction of sp³-hybridized carbons (Fsp3) is 0.143. The Kier molecular flexibility index (Phi) is 3.29. The van der Waals surface area contributed by atoms with Crippen molar-refractivity contribution in [2.24, 2.45) is 0 Å². The van der Waals surface area contributed by atoms with E-state index in [0.717, 1.165) is 32.6 Å². The standard InChI is InChI=1S/C14H11BrClN3/c1-9-10(15)3-2-4-12(9)19-13-5-6-17-8-11(13)18-14(19)7-16/h2-6,8H,7H2,1H3. The number of aromatic nitrogens is 3. The fourth-order valence-electron chi connectivity index (χ4n) is 2.18. The van der Waals surface area contributed by atoms with Crippen LogP contribution in [0.15, 0.2) is 41.1 Å². The molecule has 19 heavy (non-hydrogen) atoms. The van der Waals surface area contributed by atoms with Crippen molar-refractivity contribution in [3.8, 4) is 5.69 Å². The molecule has 0 aliphatic rings. The van der Waals surface area contributed by atoms with Gasteiger partial charge in [-0.15, -0.1) is 11.6 Å². The third kappa shape index (κ3) is 2.05. The summed E-state index contributed by atoms with van der Waals surface area (Å²) in [6.07, 6.45) is 3.53. The lowest BCUT2D eigenvalue weighted by molar-refractivity contribution is 0.971. The molecule has 0 N–H and O–H groups in total. The molecule has 5 heteroatoms. The molecular weight excluding hydrogens is 326 g/mol. The molecule has 0 bridgehead atoms. The highest BCUT2D eigenvalue weighted by molar-refractivity contribution is 9.10. The van der Waals surface area contributed by atoms with E-state index in [1.54, 1.807) is 12.4 Å². The predicted octanol–water partition coefficient (Wildman–Crippen LogP) is 4.23.